The summed E-state index contributed by atoms with van der Waals surface area (Å²) in [6.07, 6.45) is -0.892. The molecule has 2 rings (SSSR count). The molecule has 2 aromatic rings. The fraction of sp³-hybridized carbons (Fsp3) is 0.364. The lowest BCUT2D eigenvalue weighted by Crippen LogP contribution is -2.08. The van der Waals surface area contributed by atoms with Crippen LogP contribution in [0.25, 0.3) is 11.3 Å². The van der Waals surface area contributed by atoms with Crippen LogP contribution in [-0.4, -0.2) is 20.2 Å². The van der Waals surface area contributed by atoms with Gasteiger partial charge in [-0.15, -0.1) is 0 Å². The van der Waals surface area contributed by atoms with E-state index in [9.17, 15) is 13.2 Å². The van der Waals surface area contributed by atoms with Crippen LogP contribution in [0.5, 0.6) is 0 Å². The molecule has 0 unspecified atom stereocenters. The van der Waals surface area contributed by atoms with E-state index in [1.165, 1.54) is 12.3 Å². The van der Waals surface area contributed by atoms with Crippen molar-refractivity contribution in [3.05, 3.63) is 30.0 Å². The molecule has 0 amide bonds. The molecular weight excluding hydrogens is 245 g/mol. The molecule has 4 nitrogen and oxygen atoms in total. The molecule has 2 heterocycles. The summed E-state index contributed by atoms with van der Waals surface area (Å²) >= 11 is 0. The Bertz CT molecular complexity index is 531. The van der Waals surface area contributed by atoms with Crippen LogP contribution in [0, 0.1) is 6.33 Å². The van der Waals surface area contributed by atoms with E-state index >= 15 is 0 Å². The average molecular weight is 255 g/mol. The summed E-state index contributed by atoms with van der Waals surface area (Å²) in [4.78, 5) is 7.32. The second-order valence-electron chi connectivity index (χ2n) is 4.06. The van der Waals surface area contributed by atoms with Gasteiger partial charge < -0.3 is 0 Å². The number of rotatable bonds is 2. The van der Waals surface area contributed by atoms with Gasteiger partial charge in [-0.3, -0.25) is 5.10 Å². The van der Waals surface area contributed by atoms with Gasteiger partial charge in [0.25, 0.3) is 0 Å². The zero-order chi connectivity index (χ0) is 13.3. The number of H-pyrrole nitrogens is 1. The number of nitrogens with zero attached hydrogens (tertiary/aromatic N) is 3. The summed E-state index contributed by atoms with van der Waals surface area (Å²) in [5.41, 5.74) is -0.432. The van der Waals surface area contributed by atoms with Crippen LogP contribution in [0.15, 0.2) is 12.3 Å². The summed E-state index contributed by atoms with van der Waals surface area (Å²) in [5.74, 6) is -0.126. The molecule has 7 heteroatoms. The highest BCUT2D eigenvalue weighted by atomic mass is 19.4. The lowest BCUT2D eigenvalue weighted by atomic mass is 10.0. The van der Waals surface area contributed by atoms with Crippen molar-refractivity contribution in [2.45, 2.75) is 25.9 Å². The largest absolute Gasteiger partial charge is 0.435 e. The van der Waals surface area contributed by atoms with Gasteiger partial charge in [0.1, 0.15) is 0 Å². The Hall–Kier alpha value is -1.92. The van der Waals surface area contributed by atoms with E-state index in [-0.39, 0.29) is 17.2 Å². The van der Waals surface area contributed by atoms with Crippen LogP contribution in [-0.2, 0) is 6.18 Å². The van der Waals surface area contributed by atoms with E-state index in [0.29, 0.717) is 5.69 Å². The molecule has 2 aromatic heterocycles. The molecule has 0 saturated heterocycles. The molecule has 0 saturated carbocycles. The Kier molecular flexibility index (Phi) is 3.06. The van der Waals surface area contributed by atoms with E-state index in [2.05, 4.69) is 26.5 Å². The monoisotopic (exact) mass is 255 g/mol. The molecule has 0 spiro atoms. The third-order valence-electron chi connectivity index (χ3n) is 2.43. The molecule has 0 aliphatic carbocycles. The molecule has 18 heavy (non-hydrogen) atoms. The second-order valence-corrected chi connectivity index (χ2v) is 4.06. The third-order valence-corrected chi connectivity index (χ3v) is 2.43. The van der Waals surface area contributed by atoms with Crippen LogP contribution < -0.4 is 0 Å². The van der Waals surface area contributed by atoms with E-state index in [1.54, 1.807) is 13.8 Å². The number of aromatic nitrogens is 4. The van der Waals surface area contributed by atoms with E-state index in [0.717, 1.165) is 0 Å². The molecule has 95 valence electrons. The van der Waals surface area contributed by atoms with Gasteiger partial charge >= 0.3 is 6.18 Å². The maximum absolute atomic E-state index is 12.9. The molecule has 1 radical (unpaired) electrons. The molecule has 0 aromatic carbocycles. The van der Waals surface area contributed by atoms with Crippen LogP contribution in [0.2, 0.25) is 0 Å². The van der Waals surface area contributed by atoms with E-state index < -0.39 is 11.9 Å². The van der Waals surface area contributed by atoms with Gasteiger partial charge in [-0.25, -0.2) is 9.97 Å². The summed E-state index contributed by atoms with van der Waals surface area (Å²) in [6.45, 7) is 3.56. The Morgan fingerprint density at radius 2 is 2.06 bits per heavy atom. The fourth-order valence-electron chi connectivity index (χ4n) is 1.64. The molecule has 0 aliphatic rings. The van der Waals surface area contributed by atoms with Crippen molar-refractivity contribution < 1.29 is 13.2 Å². The van der Waals surface area contributed by atoms with Gasteiger partial charge in [0, 0.05) is 11.9 Å². The van der Waals surface area contributed by atoms with Crippen molar-refractivity contribution in [3.63, 3.8) is 0 Å². The Balaban J connectivity index is 2.66. The molecule has 1 N–H and O–H groups in total. The zero-order valence-corrected chi connectivity index (χ0v) is 9.71. The molecule has 0 fully saturated rings. The van der Waals surface area contributed by atoms with Crippen molar-refractivity contribution >= 4 is 0 Å². The SMILES string of the molecule is CC(C)c1[nH]nc(C(F)(F)F)c1-c1ccn[c]n1. The maximum atomic E-state index is 12.9. The van der Waals surface area contributed by atoms with Gasteiger partial charge in [-0.2, -0.15) is 18.3 Å². The highest BCUT2D eigenvalue weighted by Gasteiger charge is 2.39. The quantitative estimate of drug-likeness (QED) is 0.897. The summed E-state index contributed by atoms with van der Waals surface area (Å²) < 4.78 is 38.6. The van der Waals surface area contributed by atoms with Gasteiger partial charge in [0.2, 0.25) is 0 Å². The van der Waals surface area contributed by atoms with Crippen LogP contribution >= 0.6 is 0 Å². The van der Waals surface area contributed by atoms with Crippen molar-refractivity contribution in [3.8, 4) is 11.3 Å². The second kappa shape index (κ2) is 4.40. The fourth-order valence-corrected chi connectivity index (χ4v) is 1.64. The molecule has 0 bridgehead atoms. The molecule has 0 aliphatic heterocycles. The standard InChI is InChI=1S/C11H10F3N4/c1-6(2)9-8(7-3-4-15-5-16-7)10(18-17-9)11(12,13)14/h3-4,6H,1-2H3,(H,17,18). The van der Waals surface area contributed by atoms with Gasteiger partial charge in [0.15, 0.2) is 12.0 Å². The first-order chi connectivity index (χ1) is 8.41. The van der Waals surface area contributed by atoms with Gasteiger partial charge in [0.05, 0.1) is 11.3 Å². The van der Waals surface area contributed by atoms with E-state index in [4.69, 9.17) is 0 Å². The number of alkyl halides is 3. The summed E-state index contributed by atoms with van der Waals surface area (Å²) in [7, 11) is 0. The number of aromatic amines is 1. The van der Waals surface area contributed by atoms with Crippen LogP contribution in [0.3, 0.4) is 0 Å². The first kappa shape index (κ1) is 12.5. The Morgan fingerprint density at radius 1 is 1.33 bits per heavy atom. The number of hydrogen-bond donors (Lipinski definition) is 1. The van der Waals surface area contributed by atoms with Crippen LogP contribution in [0.4, 0.5) is 13.2 Å². The maximum Gasteiger partial charge on any atom is 0.435 e. The first-order valence-corrected chi connectivity index (χ1v) is 5.26. The zero-order valence-electron chi connectivity index (χ0n) is 9.71. The smallest absolute Gasteiger partial charge is 0.281 e. The Labute approximate surface area is 101 Å². The van der Waals surface area contributed by atoms with Crippen molar-refractivity contribution in [1.29, 1.82) is 0 Å². The first-order valence-electron chi connectivity index (χ1n) is 5.26. The molecular formula is C11H10F3N4. The minimum absolute atomic E-state index is 0.0313. The minimum Gasteiger partial charge on any atom is -0.281 e. The number of nitrogens with one attached hydrogen (secondary N) is 1. The van der Waals surface area contributed by atoms with Crippen molar-refractivity contribution in [2.75, 3.05) is 0 Å². The predicted molar refractivity (Wildman–Crippen MR) is 57.5 cm³/mol. The van der Waals surface area contributed by atoms with E-state index in [1.807, 2.05) is 0 Å². The highest BCUT2D eigenvalue weighted by Crippen LogP contribution is 2.38. The third kappa shape index (κ3) is 2.20. The normalized spacial score (nSPS) is 12.1. The lowest BCUT2D eigenvalue weighted by Gasteiger charge is -2.09. The van der Waals surface area contributed by atoms with Crippen LogP contribution in [0.1, 0.15) is 31.2 Å². The summed E-state index contributed by atoms with van der Waals surface area (Å²) in [5, 5.41) is 5.80. The highest BCUT2D eigenvalue weighted by molar-refractivity contribution is 5.65. The minimum atomic E-state index is -4.52. The van der Waals surface area contributed by atoms with Gasteiger partial charge in [-0.1, -0.05) is 13.8 Å². The van der Waals surface area contributed by atoms with Gasteiger partial charge in [-0.05, 0) is 12.0 Å². The predicted octanol–water partition coefficient (Wildman–Crippen LogP) is 2.81. The Morgan fingerprint density at radius 3 is 2.56 bits per heavy atom. The number of halogens is 3. The average Bonchev–Trinajstić information content (AvgIpc) is 2.74. The summed E-state index contributed by atoms with van der Waals surface area (Å²) in [6, 6.07) is 1.41. The lowest BCUT2D eigenvalue weighted by molar-refractivity contribution is -0.140. The number of hydrogen-bond acceptors (Lipinski definition) is 3. The van der Waals surface area contributed by atoms with Crippen molar-refractivity contribution in [2.24, 2.45) is 0 Å². The van der Waals surface area contributed by atoms with Crippen molar-refractivity contribution in [1.82, 2.24) is 20.2 Å². The topological polar surface area (TPSA) is 54.5 Å². The molecule has 0 atom stereocenters.